The average molecular weight is 206 g/mol. The van der Waals surface area contributed by atoms with Crippen LogP contribution in [0.1, 0.15) is 32.1 Å². The van der Waals surface area contributed by atoms with Crippen LogP contribution in [0.5, 0.6) is 0 Å². The number of H-pyrrole nitrogens is 1. The zero-order valence-corrected chi connectivity index (χ0v) is 8.49. The van der Waals surface area contributed by atoms with Gasteiger partial charge in [0.15, 0.2) is 5.82 Å². The van der Waals surface area contributed by atoms with Crippen molar-refractivity contribution in [2.45, 2.75) is 32.1 Å². The topological polar surface area (TPSA) is 70.1 Å². The Morgan fingerprint density at radius 2 is 2.13 bits per heavy atom. The first kappa shape index (κ1) is 9.89. The molecular formula is C10H14N4O. The van der Waals surface area contributed by atoms with Crippen molar-refractivity contribution in [3.8, 4) is 0 Å². The molecule has 1 heterocycles. The van der Waals surface area contributed by atoms with E-state index < -0.39 is 0 Å². The van der Waals surface area contributed by atoms with E-state index in [2.05, 4.69) is 20.5 Å². The lowest BCUT2D eigenvalue weighted by atomic mass is 9.99. The van der Waals surface area contributed by atoms with E-state index in [0.717, 1.165) is 12.8 Å². The molecule has 5 heteroatoms. The van der Waals surface area contributed by atoms with Gasteiger partial charge in [-0.05, 0) is 25.7 Å². The van der Waals surface area contributed by atoms with Gasteiger partial charge in [-0.1, -0.05) is 6.42 Å². The predicted octanol–water partition coefficient (Wildman–Crippen LogP) is 1.50. The van der Waals surface area contributed by atoms with Gasteiger partial charge >= 0.3 is 0 Å². The smallest absolute Gasteiger partial charge is 0.252 e. The van der Waals surface area contributed by atoms with E-state index in [-0.39, 0.29) is 5.56 Å². The van der Waals surface area contributed by atoms with E-state index >= 15 is 0 Å². The van der Waals surface area contributed by atoms with Crippen molar-refractivity contribution < 1.29 is 0 Å². The largest absolute Gasteiger partial charge is 0.313 e. The summed E-state index contributed by atoms with van der Waals surface area (Å²) < 4.78 is 0. The van der Waals surface area contributed by atoms with Crippen LogP contribution in [0.2, 0.25) is 0 Å². The summed E-state index contributed by atoms with van der Waals surface area (Å²) in [6.07, 6.45) is 7.19. The van der Waals surface area contributed by atoms with Crippen molar-refractivity contribution in [3.05, 3.63) is 22.7 Å². The van der Waals surface area contributed by atoms with E-state index in [4.69, 9.17) is 0 Å². The molecule has 0 atom stereocenters. The lowest BCUT2D eigenvalue weighted by Crippen LogP contribution is -2.10. The number of rotatable bonds is 2. The molecule has 0 aromatic carbocycles. The number of anilines is 1. The van der Waals surface area contributed by atoms with Crippen LogP contribution in [-0.2, 0) is 0 Å². The fraction of sp³-hybridized carbons (Fsp3) is 0.500. The van der Waals surface area contributed by atoms with E-state index in [9.17, 15) is 4.79 Å². The summed E-state index contributed by atoms with van der Waals surface area (Å²) in [7, 11) is 0. The molecule has 1 saturated carbocycles. The van der Waals surface area contributed by atoms with Gasteiger partial charge in [-0.3, -0.25) is 10.2 Å². The van der Waals surface area contributed by atoms with Crippen LogP contribution in [0.3, 0.4) is 0 Å². The highest BCUT2D eigenvalue weighted by molar-refractivity contribution is 5.85. The predicted molar refractivity (Wildman–Crippen MR) is 59.0 cm³/mol. The Morgan fingerprint density at radius 3 is 2.87 bits per heavy atom. The summed E-state index contributed by atoms with van der Waals surface area (Å²) in [5.74, 6) is 0.497. The summed E-state index contributed by atoms with van der Waals surface area (Å²) in [5.41, 5.74) is 3.81. The minimum atomic E-state index is -0.170. The third-order valence-corrected chi connectivity index (χ3v) is 2.44. The molecule has 0 amide bonds. The normalized spacial score (nSPS) is 16.1. The number of hydrogen-bond acceptors (Lipinski definition) is 4. The van der Waals surface area contributed by atoms with Gasteiger partial charge in [0.05, 0.1) is 6.33 Å². The minimum absolute atomic E-state index is 0.170. The van der Waals surface area contributed by atoms with Crippen LogP contribution in [0.25, 0.3) is 0 Å². The highest BCUT2D eigenvalue weighted by Crippen LogP contribution is 2.14. The lowest BCUT2D eigenvalue weighted by molar-refractivity contribution is 0.665. The maximum Gasteiger partial charge on any atom is 0.252 e. The summed E-state index contributed by atoms with van der Waals surface area (Å²) >= 11 is 0. The Morgan fingerprint density at radius 1 is 1.33 bits per heavy atom. The number of hydrazone groups is 1. The van der Waals surface area contributed by atoms with Crippen molar-refractivity contribution in [1.82, 2.24) is 9.97 Å². The molecule has 0 saturated heterocycles. The van der Waals surface area contributed by atoms with Crippen LogP contribution in [0, 0.1) is 0 Å². The molecule has 80 valence electrons. The molecule has 1 aromatic rings. The van der Waals surface area contributed by atoms with E-state index in [1.54, 1.807) is 0 Å². The molecule has 0 spiro atoms. The molecule has 1 aliphatic rings. The SMILES string of the molecule is O=c1cc(NN=C2CCCCC2)nc[nH]1. The summed E-state index contributed by atoms with van der Waals surface area (Å²) in [6.45, 7) is 0. The number of nitrogens with one attached hydrogen (secondary N) is 2. The minimum Gasteiger partial charge on any atom is -0.313 e. The molecule has 2 rings (SSSR count). The molecule has 0 radical (unpaired) electrons. The van der Waals surface area contributed by atoms with Gasteiger partial charge < -0.3 is 4.98 Å². The molecule has 2 N–H and O–H groups in total. The van der Waals surface area contributed by atoms with Gasteiger partial charge in [-0.15, -0.1) is 0 Å². The van der Waals surface area contributed by atoms with Crippen LogP contribution in [0.15, 0.2) is 22.3 Å². The quantitative estimate of drug-likeness (QED) is 0.720. The van der Waals surface area contributed by atoms with Crippen molar-refractivity contribution in [3.63, 3.8) is 0 Å². The fourth-order valence-corrected chi connectivity index (χ4v) is 1.64. The van der Waals surface area contributed by atoms with Gasteiger partial charge in [0.1, 0.15) is 0 Å². The Kier molecular flexibility index (Phi) is 3.11. The number of hydrogen-bond donors (Lipinski definition) is 2. The van der Waals surface area contributed by atoms with Crippen molar-refractivity contribution >= 4 is 11.5 Å². The zero-order chi connectivity index (χ0) is 10.5. The molecule has 0 unspecified atom stereocenters. The van der Waals surface area contributed by atoms with Crippen LogP contribution < -0.4 is 11.0 Å². The van der Waals surface area contributed by atoms with Crippen LogP contribution >= 0.6 is 0 Å². The Hall–Kier alpha value is -1.65. The second-order valence-electron chi connectivity index (χ2n) is 3.65. The molecule has 1 fully saturated rings. The number of aromatic amines is 1. The van der Waals surface area contributed by atoms with E-state index in [1.165, 1.54) is 37.4 Å². The maximum atomic E-state index is 11.0. The first-order chi connectivity index (χ1) is 7.34. The third-order valence-electron chi connectivity index (χ3n) is 2.44. The third kappa shape index (κ3) is 2.90. The molecule has 1 aliphatic carbocycles. The second kappa shape index (κ2) is 4.72. The van der Waals surface area contributed by atoms with Gasteiger partial charge in [-0.25, -0.2) is 4.98 Å². The molecule has 1 aromatic heterocycles. The van der Waals surface area contributed by atoms with E-state index in [1.807, 2.05) is 0 Å². The molecule has 0 aliphatic heterocycles. The maximum absolute atomic E-state index is 11.0. The Balaban J connectivity index is 1.99. The Labute approximate surface area is 87.6 Å². The number of aromatic nitrogens is 2. The first-order valence-electron chi connectivity index (χ1n) is 5.21. The van der Waals surface area contributed by atoms with Gasteiger partial charge in [0.25, 0.3) is 5.56 Å². The second-order valence-corrected chi connectivity index (χ2v) is 3.65. The zero-order valence-electron chi connectivity index (χ0n) is 8.49. The summed E-state index contributed by atoms with van der Waals surface area (Å²) in [4.78, 5) is 17.4. The van der Waals surface area contributed by atoms with E-state index in [0.29, 0.717) is 5.82 Å². The van der Waals surface area contributed by atoms with Gasteiger partial charge in [-0.2, -0.15) is 5.10 Å². The van der Waals surface area contributed by atoms with Crippen molar-refractivity contribution in [2.24, 2.45) is 5.10 Å². The average Bonchev–Trinajstić information content (AvgIpc) is 2.28. The standard InChI is InChI=1S/C10H14N4O/c15-10-6-9(11-7-12-10)14-13-8-4-2-1-3-5-8/h6-7H,1-5H2,(H2,11,12,14,15). The van der Waals surface area contributed by atoms with Gasteiger partial charge in [0, 0.05) is 11.8 Å². The van der Waals surface area contributed by atoms with Crippen molar-refractivity contribution in [2.75, 3.05) is 5.43 Å². The molecule has 15 heavy (non-hydrogen) atoms. The molecule has 0 bridgehead atoms. The van der Waals surface area contributed by atoms with Crippen molar-refractivity contribution in [1.29, 1.82) is 0 Å². The summed E-state index contributed by atoms with van der Waals surface area (Å²) in [6, 6.07) is 1.40. The number of nitrogens with zero attached hydrogens (tertiary/aromatic N) is 2. The van der Waals surface area contributed by atoms with Crippen LogP contribution in [-0.4, -0.2) is 15.7 Å². The lowest BCUT2D eigenvalue weighted by Gasteiger charge is -2.11. The summed E-state index contributed by atoms with van der Waals surface area (Å²) in [5, 5.41) is 4.25. The highest BCUT2D eigenvalue weighted by atomic mass is 16.1. The fourth-order valence-electron chi connectivity index (χ4n) is 1.64. The molecular weight excluding hydrogens is 192 g/mol. The Bertz CT molecular complexity index is 402. The monoisotopic (exact) mass is 206 g/mol. The van der Waals surface area contributed by atoms with Gasteiger partial charge in [0.2, 0.25) is 0 Å². The van der Waals surface area contributed by atoms with Crippen LogP contribution in [0.4, 0.5) is 5.82 Å². The highest BCUT2D eigenvalue weighted by Gasteiger charge is 2.06. The first-order valence-corrected chi connectivity index (χ1v) is 5.21. The molecule has 5 nitrogen and oxygen atoms in total.